The van der Waals surface area contributed by atoms with Gasteiger partial charge in [0.25, 0.3) is 0 Å². The summed E-state index contributed by atoms with van der Waals surface area (Å²) in [7, 11) is 0. The SMILES string of the molecule is CCCC1(C(=O)OCC)OC12COC2. The molecule has 0 aliphatic carbocycles. The number of carbonyl (C=O) groups is 1. The van der Waals surface area contributed by atoms with E-state index >= 15 is 0 Å². The third kappa shape index (κ3) is 1.10. The van der Waals surface area contributed by atoms with Gasteiger partial charge in [-0.25, -0.2) is 4.79 Å². The van der Waals surface area contributed by atoms with Crippen molar-refractivity contribution in [1.82, 2.24) is 0 Å². The summed E-state index contributed by atoms with van der Waals surface area (Å²) in [6.07, 6.45) is 1.65. The molecule has 4 nitrogen and oxygen atoms in total. The lowest BCUT2D eigenvalue weighted by atomic mass is 9.87. The Bertz CT molecular complexity index is 243. The van der Waals surface area contributed by atoms with E-state index in [2.05, 4.69) is 0 Å². The largest absolute Gasteiger partial charge is 0.464 e. The van der Waals surface area contributed by atoms with Crippen molar-refractivity contribution in [2.75, 3.05) is 19.8 Å². The predicted molar refractivity (Wildman–Crippen MR) is 48.9 cm³/mol. The van der Waals surface area contributed by atoms with Crippen LogP contribution >= 0.6 is 0 Å². The number of hydrogen-bond acceptors (Lipinski definition) is 4. The molecular weight excluding hydrogens is 184 g/mol. The number of carbonyl (C=O) groups excluding carboxylic acids is 1. The van der Waals surface area contributed by atoms with E-state index in [1.807, 2.05) is 13.8 Å². The second-order valence-electron chi connectivity index (χ2n) is 3.89. The van der Waals surface area contributed by atoms with Crippen molar-refractivity contribution >= 4 is 5.97 Å². The van der Waals surface area contributed by atoms with E-state index in [1.54, 1.807) is 0 Å². The van der Waals surface area contributed by atoms with Crippen LogP contribution in [0.3, 0.4) is 0 Å². The number of epoxide rings is 1. The Morgan fingerprint density at radius 1 is 1.43 bits per heavy atom. The Hall–Kier alpha value is -0.610. The molecule has 2 aliphatic rings. The first-order valence-electron chi connectivity index (χ1n) is 5.16. The van der Waals surface area contributed by atoms with Crippen molar-refractivity contribution in [3.8, 4) is 0 Å². The molecule has 0 bridgehead atoms. The van der Waals surface area contributed by atoms with Crippen LogP contribution in [0.5, 0.6) is 0 Å². The van der Waals surface area contributed by atoms with Crippen molar-refractivity contribution in [3.63, 3.8) is 0 Å². The van der Waals surface area contributed by atoms with Gasteiger partial charge in [-0.1, -0.05) is 13.3 Å². The summed E-state index contributed by atoms with van der Waals surface area (Å²) >= 11 is 0. The van der Waals surface area contributed by atoms with Crippen LogP contribution in [0.25, 0.3) is 0 Å². The molecule has 2 rings (SSSR count). The van der Waals surface area contributed by atoms with E-state index in [-0.39, 0.29) is 11.6 Å². The van der Waals surface area contributed by atoms with Gasteiger partial charge in [-0.15, -0.1) is 0 Å². The van der Waals surface area contributed by atoms with Crippen molar-refractivity contribution in [1.29, 1.82) is 0 Å². The van der Waals surface area contributed by atoms with Crippen LogP contribution in [0, 0.1) is 0 Å². The number of rotatable bonds is 4. The van der Waals surface area contributed by atoms with Crippen LogP contribution in [0.15, 0.2) is 0 Å². The van der Waals surface area contributed by atoms with Crippen LogP contribution in [-0.2, 0) is 19.0 Å². The Kier molecular flexibility index (Phi) is 2.27. The first-order valence-corrected chi connectivity index (χ1v) is 5.16. The van der Waals surface area contributed by atoms with Gasteiger partial charge in [0.2, 0.25) is 0 Å². The average molecular weight is 200 g/mol. The summed E-state index contributed by atoms with van der Waals surface area (Å²) in [5.41, 5.74) is -1.02. The lowest BCUT2D eigenvalue weighted by Gasteiger charge is -2.26. The standard InChI is InChI=1S/C10H16O4/c1-3-5-10(8(11)13-4-2)9(14-10)6-12-7-9/h3-7H2,1-2H3. The monoisotopic (exact) mass is 200 g/mol. The number of ether oxygens (including phenoxy) is 3. The van der Waals surface area contributed by atoms with Gasteiger partial charge >= 0.3 is 5.97 Å². The zero-order chi connectivity index (χ0) is 10.2. The fourth-order valence-electron chi connectivity index (χ4n) is 2.10. The Balaban J connectivity index is 2.06. The zero-order valence-corrected chi connectivity index (χ0v) is 8.67. The lowest BCUT2D eigenvalue weighted by Crippen LogP contribution is -2.48. The highest BCUT2D eigenvalue weighted by atomic mass is 16.7. The molecule has 2 fully saturated rings. The fourth-order valence-corrected chi connectivity index (χ4v) is 2.10. The van der Waals surface area contributed by atoms with E-state index < -0.39 is 5.60 Å². The maximum Gasteiger partial charge on any atom is 0.341 e. The smallest absolute Gasteiger partial charge is 0.341 e. The molecule has 0 radical (unpaired) electrons. The molecular formula is C10H16O4. The molecule has 1 spiro atoms. The molecule has 2 heterocycles. The first-order chi connectivity index (χ1) is 6.71. The molecule has 14 heavy (non-hydrogen) atoms. The molecule has 0 aromatic heterocycles. The second kappa shape index (κ2) is 3.21. The van der Waals surface area contributed by atoms with Gasteiger partial charge in [0.1, 0.15) is 0 Å². The summed E-state index contributed by atoms with van der Waals surface area (Å²) in [6, 6.07) is 0. The van der Waals surface area contributed by atoms with Gasteiger partial charge in [0.15, 0.2) is 11.2 Å². The van der Waals surface area contributed by atoms with E-state index in [9.17, 15) is 4.79 Å². The molecule has 4 heteroatoms. The molecule has 1 unspecified atom stereocenters. The fraction of sp³-hybridized carbons (Fsp3) is 0.900. The number of esters is 1. The highest BCUT2D eigenvalue weighted by Crippen LogP contribution is 2.56. The van der Waals surface area contributed by atoms with Crippen LogP contribution in [0.4, 0.5) is 0 Å². The molecule has 1 atom stereocenters. The van der Waals surface area contributed by atoms with Gasteiger partial charge < -0.3 is 14.2 Å². The molecule has 2 aliphatic heterocycles. The second-order valence-corrected chi connectivity index (χ2v) is 3.89. The van der Waals surface area contributed by atoms with Gasteiger partial charge in [-0.3, -0.25) is 0 Å². The summed E-state index contributed by atoms with van der Waals surface area (Å²) < 4.78 is 15.7. The van der Waals surface area contributed by atoms with Crippen LogP contribution in [0.2, 0.25) is 0 Å². The summed E-state index contributed by atoms with van der Waals surface area (Å²) in [4.78, 5) is 11.7. The first kappa shape index (κ1) is 9.93. The third-order valence-corrected chi connectivity index (χ3v) is 2.94. The lowest BCUT2D eigenvalue weighted by molar-refractivity contribution is -0.150. The topological polar surface area (TPSA) is 48.1 Å². The quantitative estimate of drug-likeness (QED) is 0.499. The van der Waals surface area contributed by atoms with Crippen molar-refractivity contribution in [3.05, 3.63) is 0 Å². The molecule has 0 aromatic carbocycles. The predicted octanol–water partition coefficient (Wildman–Crippen LogP) is 0.888. The van der Waals surface area contributed by atoms with Crippen molar-refractivity contribution in [2.45, 2.75) is 37.9 Å². The van der Waals surface area contributed by atoms with Crippen LogP contribution in [0.1, 0.15) is 26.7 Å². The minimum absolute atomic E-state index is 0.217. The zero-order valence-electron chi connectivity index (χ0n) is 8.67. The minimum Gasteiger partial charge on any atom is -0.464 e. The van der Waals surface area contributed by atoms with Gasteiger partial charge in [0.05, 0.1) is 19.8 Å². The van der Waals surface area contributed by atoms with E-state index in [0.717, 1.165) is 12.8 Å². The van der Waals surface area contributed by atoms with Gasteiger partial charge in [-0.05, 0) is 13.3 Å². The Labute approximate surface area is 83.5 Å². The van der Waals surface area contributed by atoms with Crippen molar-refractivity contribution in [2.24, 2.45) is 0 Å². The Morgan fingerprint density at radius 2 is 2.14 bits per heavy atom. The summed E-state index contributed by atoms with van der Waals surface area (Å²) in [6.45, 7) is 5.32. The molecule has 2 saturated heterocycles. The van der Waals surface area contributed by atoms with E-state index in [4.69, 9.17) is 14.2 Å². The number of hydrogen-bond donors (Lipinski definition) is 0. The molecule has 80 valence electrons. The van der Waals surface area contributed by atoms with Gasteiger partial charge in [-0.2, -0.15) is 0 Å². The molecule has 0 saturated carbocycles. The van der Waals surface area contributed by atoms with Crippen LogP contribution < -0.4 is 0 Å². The molecule has 0 aromatic rings. The highest BCUT2D eigenvalue weighted by Gasteiger charge is 2.78. The molecule has 0 amide bonds. The molecule has 0 N–H and O–H groups in total. The highest BCUT2D eigenvalue weighted by molar-refractivity contribution is 5.85. The summed E-state index contributed by atoms with van der Waals surface area (Å²) in [5, 5.41) is 0. The van der Waals surface area contributed by atoms with Crippen molar-refractivity contribution < 1.29 is 19.0 Å². The summed E-state index contributed by atoms with van der Waals surface area (Å²) in [5.74, 6) is -0.217. The van der Waals surface area contributed by atoms with E-state index in [1.165, 1.54) is 0 Å². The van der Waals surface area contributed by atoms with E-state index in [0.29, 0.717) is 19.8 Å². The maximum atomic E-state index is 11.7. The Morgan fingerprint density at radius 3 is 2.50 bits per heavy atom. The third-order valence-electron chi connectivity index (χ3n) is 2.94. The normalized spacial score (nSPS) is 32.4. The average Bonchev–Trinajstić information content (AvgIpc) is 2.76. The maximum absolute atomic E-state index is 11.7. The minimum atomic E-state index is -0.685. The van der Waals surface area contributed by atoms with Gasteiger partial charge in [0, 0.05) is 0 Å². The van der Waals surface area contributed by atoms with Crippen LogP contribution in [-0.4, -0.2) is 37.0 Å².